The van der Waals surface area contributed by atoms with Gasteiger partial charge in [0, 0.05) is 37.7 Å². The number of fused-ring (bicyclic) bond motifs is 1. The molecule has 0 aliphatic carbocycles. The van der Waals surface area contributed by atoms with E-state index in [4.69, 9.17) is 0 Å². The molecule has 0 spiro atoms. The van der Waals surface area contributed by atoms with Crippen molar-refractivity contribution in [3.05, 3.63) is 42.4 Å². The average Bonchev–Trinajstić information content (AvgIpc) is 3.07. The SMILES string of the molecule is Cc1cc(C)c2c(N3CCC[C@H](Cn4ccnc4)C3)ncnc2n1. The summed E-state index contributed by atoms with van der Waals surface area (Å²) < 4.78 is 2.17. The summed E-state index contributed by atoms with van der Waals surface area (Å²) in [6.07, 6.45) is 9.85. The van der Waals surface area contributed by atoms with Crippen molar-refractivity contribution in [3.8, 4) is 0 Å². The van der Waals surface area contributed by atoms with E-state index in [9.17, 15) is 0 Å². The van der Waals surface area contributed by atoms with Crippen molar-refractivity contribution in [1.82, 2.24) is 24.5 Å². The first-order valence-corrected chi connectivity index (χ1v) is 8.50. The van der Waals surface area contributed by atoms with Gasteiger partial charge in [0.25, 0.3) is 0 Å². The second-order valence-corrected chi connectivity index (χ2v) is 6.69. The quantitative estimate of drug-likeness (QED) is 0.742. The summed E-state index contributed by atoms with van der Waals surface area (Å²) in [6, 6.07) is 2.11. The van der Waals surface area contributed by atoms with E-state index in [1.54, 1.807) is 6.33 Å². The van der Waals surface area contributed by atoms with E-state index < -0.39 is 0 Å². The topological polar surface area (TPSA) is 59.7 Å². The molecule has 0 amide bonds. The molecule has 124 valence electrons. The molecule has 6 nitrogen and oxygen atoms in total. The van der Waals surface area contributed by atoms with E-state index in [0.717, 1.165) is 42.2 Å². The van der Waals surface area contributed by atoms with Gasteiger partial charge in [0.05, 0.1) is 11.7 Å². The number of rotatable bonds is 3. The molecule has 1 fully saturated rings. The zero-order valence-electron chi connectivity index (χ0n) is 14.2. The number of anilines is 1. The molecular weight excluding hydrogens is 300 g/mol. The molecule has 0 N–H and O–H groups in total. The highest BCUT2D eigenvalue weighted by Crippen LogP contribution is 2.29. The molecule has 0 aromatic carbocycles. The molecule has 24 heavy (non-hydrogen) atoms. The molecule has 4 rings (SSSR count). The highest BCUT2D eigenvalue weighted by atomic mass is 15.2. The second kappa shape index (κ2) is 6.19. The third-order valence-corrected chi connectivity index (χ3v) is 4.76. The molecular formula is C18H22N6. The first-order chi connectivity index (χ1) is 11.7. The van der Waals surface area contributed by atoms with Gasteiger partial charge in [-0.05, 0) is 44.2 Å². The van der Waals surface area contributed by atoms with Gasteiger partial charge in [0.15, 0.2) is 5.65 Å². The Hall–Kier alpha value is -2.50. The van der Waals surface area contributed by atoms with Crippen LogP contribution >= 0.6 is 0 Å². The molecule has 0 unspecified atom stereocenters. The standard InChI is InChI=1S/C18H22N6/c1-13-8-14(2)22-17-16(13)18(21-11-20-17)24-6-3-4-15(10-24)9-23-7-5-19-12-23/h5,7-8,11-12,15H,3-4,6,9-10H2,1-2H3/t15-/m1/s1. The zero-order chi connectivity index (χ0) is 16.5. The van der Waals surface area contributed by atoms with Crippen molar-refractivity contribution in [2.24, 2.45) is 5.92 Å². The van der Waals surface area contributed by atoms with Crippen LogP contribution in [0.2, 0.25) is 0 Å². The number of nitrogens with zero attached hydrogens (tertiary/aromatic N) is 6. The summed E-state index contributed by atoms with van der Waals surface area (Å²) in [7, 11) is 0. The van der Waals surface area contributed by atoms with Crippen LogP contribution in [-0.2, 0) is 6.54 Å². The largest absolute Gasteiger partial charge is 0.356 e. The minimum absolute atomic E-state index is 0.608. The molecule has 1 aliphatic rings. The van der Waals surface area contributed by atoms with Crippen molar-refractivity contribution < 1.29 is 0 Å². The summed E-state index contributed by atoms with van der Waals surface area (Å²) in [5.74, 6) is 1.64. The van der Waals surface area contributed by atoms with E-state index in [1.165, 1.54) is 18.4 Å². The van der Waals surface area contributed by atoms with Crippen LogP contribution in [-0.4, -0.2) is 37.6 Å². The molecule has 0 saturated carbocycles. The summed E-state index contributed by atoms with van der Waals surface area (Å²) in [5.41, 5.74) is 3.00. The predicted molar refractivity (Wildman–Crippen MR) is 94.0 cm³/mol. The number of piperidine rings is 1. The second-order valence-electron chi connectivity index (χ2n) is 6.69. The number of hydrogen-bond acceptors (Lipinski definition) is 5. The molecule has 0 bridgehead atoms. The fourth-order valence-corrected chi connectivity index (χ4v) is 3.73. The summed E-state index contributed by atoms with van der Waals surface area (Å²) in [4.78, 5) is 20.1. The van der Waals surface area contributed by atoms with E-state index in [0.29, 0.717) is 5.92 Å². The number of aryl methyl sites for hydroxylation is 2. The Labute approximate surface area is 141 Å². The average molecular weight is 322 g/mol. The van der Waals surface area contributed by atoms with E-state index in [1.807, 2.05) is 25.6 Å². The van der Waals surface area contributed by atoms with Gasteiger partial charge in [-0.25, -0.2) is 19.9 Å². The van der Waals surface area contributed by atoms with Crippen LogP contribution < -0.4 is 4.90 Å². The third kappa shape index (κ3) is 2.84. The maximum Gasteiger partial charge on any atom is 0.165 e. The van der Waals surface area contributed by atoms with Crippen LogP contribution in [0, 0.1) is 19.8 Å². The Morgan fingerprint density at radius 2 is 2.17 bits per heavy atom. The van der Waals surface area contributed by atoms with E-state index in [2.05, 4.69) is 42.4 Å². The zero-order valence-corrected chi connectivity index (χ0v) is 14.2. The Bertz CT molecular complexity index is 842. The van der Waals surface area contributed by atoms with Crippen molar-refractivity contribution in [3.63, 3.8) is 0 Å². The first-order valence-electron chi connectivity index (χ1n) is 8.50. The smallest absolute Gasteiger partial charge is 0.165 e. The molecule has 1 aliphatic heterocycles. The minimum atomic E-state index is 0.608. The fraction of sp³-hybridized carbons (Fsp3) is 0.444. The lowest BCUT2D eigenvalue weighted by Gasteiger charge is -2.34. The van der Waals surface area contributed by atoms with Gasteiger partial charge in [-0.1, -0.05) is 0 Å². The van der Waals surface area contributed by atoms with E-state index in [-0.39, 0.29) is 0 Å². The fourth-order valence-electron chi connectivity index (χ4n) is 3.73. The van der Waals surface area contributed by atoms with Gasteiger partial charge < -0.3 is 9.47 Å². The number of hydrogen-bond donors (Lipinski definition) is 0. The highest BCUT2D eigenvalue weighted by Gasteiger charge is 2.23. The molecule has 1 saturated heterocycles. The summed E-state index contributed by atoms with van der Waals surface area (Å²) in [6.45, 7) is 7.19. The normalized spacial score (nSPS) is 18.2. The minimum Gasteiger partial charge on any atom is -0.356 e. The van der Waals surface area contributed by atoms with Crippen molar-refractivity contribution in [2.45, 2.75) is 33.2 Å². The van der Waals surface area contributed by atoms with Crippen LogP contribution in [0.5, 0.6) is 0 Å². The monoisotopic (exact) mass is 322 g/mol. The van der Waals surface area contributed by atoms with Crippen LogP contribution in [0.3, 0.4) is 0 Å². The molecule has 3 aromatic heterocycles. The molecule has 1 atom stereocenters. The lowest BCUT2D eigenvalue weighted by atomic mass is 9.97. The lowest BCUT2D eigenvalue weighted by Crippen LogP contribution is -2.37. The van der Waals surface area contributed by atoms with E-state index >= 15 is 0 Å². The predicted octanol–water partition coefficient (Wildman–Crippen LogP) is 2.75. The Kier molecular flexibility index (Phi) is 3.88. The third-order valence-electron chi connectivity index (χ3n) is 4.76. The van der Waals surface area contributed by atoms with Gasteiger partial charge >= 0.3 is 0 Å². The summed E-state index contributed by atoms with van der Waals surface area (Å²) in [5, 5.41) is 1.09. The van der Waals surface area contributed by atoms with Crippen LogP contribution in [0.1, 0.15) is 24.1 Å². The number of aromatic nitrogens is 5. The molecule has 6 heteroatoms. The Morgan fingerprint density at radius 3 is 3.00 bits per heavy atom. The van der Waals surface area contributed by atoms with Crippen LogP contribution in [0.25, 0.3) is 11.0 Å². The highest BCUT2D eigenvalue weighted by molar-refractivity contribution is 5.90. The van der Waals surface area contributed by atoms with Gasteiger partial charge in [-0.15, -0.1) is 0 Å². The maximum atomic E-state index is 4.61. The van der Waals surface area contributed by atoms with Gasteiger partial charge in [-0.3, -0.25) is 0 Å². The maximum absolute atomic E-state index is 4.61. The molecule has 3 aromatic rings. The Morgan fingerprint density at radius 1 is 1.25 bits per heavy atom. The number of pyridine rings is 1. The summed E-state index contributed by atoms with van der Waals surface area (Å²) >= 11 is 0. The Balaban J connectivity index is 1.64. The van der Waals surface area contributed by atoms with Gasteiger partial charge in [0.2, 0.25) is 0 Å². The van der Waals surface area contributed by atoms with Gasteiger partial charge in [0.1, 0.15) is 12.1 Å². The molecule has 0 radical (unpaired) electrons. The van der Waals surface area contributed by atoms with Crippen LogP contribution in [0.4, 0.5) is 5.82 Å². The van der Waals surface area contributed by atoms with Crippen molar-refractivity contribution in [1.29, 1.82) is 0 Å². The van der Waals surface area contributed by atoms with Crippen molar-refractivity contribution >= 4 is 16.9 Å². The van der Waals surface area contributed by atoms with Gasteiger partial charge in [-0.2, -0.15) is 0 Å². The lowest BCUT2D eigenvalue weighted by molar-refractivity contribution is 0.365. The number of imidazole rings is 1. The first kappa shape index (κ1) is 15.1. The van der Waals surface area contributed by atoms with Crippen LogP contribution in [0.15, 0.2) is 31.1 Å². The van der Waals surface area contributed by atoms with Crippen molar-refractivity contribution in [2.75, 3.05) is 18.0 Å². The molecule has 4 heterocycles.